The lowest BCUT2D eigenvalue weighted by Gasteiger charge is -2.31. The van der Waals surface area contributed by atoms with Gasteiger partial charge in [0.05, 0.1) is 76.9 Å². The molecule has 0 amide bonds. The molecule has 0 bridgehead atoms. The first-order chi connectivity index (χ1) is 9.99. The Morgan fingerprint density at radius 3 is 0.857 bits per heavy atom. The van der Waals surface area contributed by atoms with Gasteiger partial charge in [-0.25, -0.2) is 0 Å². The summed E-state index contributed by atoms with van der Waals surface area (Å²) in [6.07, 6.45) is 0. The van der Waals surface area contributed by atoms with Crippen molar-refractivity contribution in [2.24, 2.45) is 10.8 Å². The maximum atomic E-state index is 9.03. The molecule has 0 spiro atoms. The van der Waals surface area contributed by atoms with Crippen molar-refractivity contribution in [3.05, 3.63) is 0 Å². The molecule has 0 rings (SSSR count). The van der Waals surface area contributed by atoms with Crippen LogP contribution in [0.25, 0.3) is 0 Å². The van der Waals surface area contributed by atoms with Gasteiger partial charge in [-0.15, -0.1) is 0 Å². The average Bonchev–Trinajstić information content (AvgIpc) is 2.56. The fourth-order valence-electron chi connectivity index (χ4n) is 1.06. The number of aliphatic hydroxyl groups is 8. The van der Waals surface area contributed by atoms with Crippen LogP contribution in [-0.2, 0) is 4.74 Å². The molecule has 130 valence electrons. The molecule has 0 aromatic carbocycles. The van der Waals surface area contributed by atoms with Crippen molar-refractivity contribution in [3.8, 4) is 0 Å². The Kier molecular flexibility index (Phi) is 14.5. The third-order valence-electron chi connectivity index (χ3n) is 2.93. The first-order valence-electron chi connectivity index (χ1n) is 6.44. The summed E-state index contributed by atoms with van der Waals surface area (Å²) >= 11 is 0. The maximum absolute atomic E-state index is 9.03. The molecule has 9 nitrogen and oxygen atoms in total. The molecule has 0 aromatic heterocycles. The van der Waals surface area contributed by atoms with Gasteiger partial charge in [0.25, 0.3) is 0 Å². The van der Waals surface area contributed by atoms with E-state index in [0.717, 1.165) is 0 Å². The van der Waals surface area contributed by atoms with Gasteiger partial charge in [-0.3, -0.25) is 0 Å². The molecule has 8 N–H and O–H groups in total. The summed E-state index contributed by atoms with van der Waals surface area (Å²) in [6.45, 7) is -3.26. The monoisotopic (exact) mass is 316 g/mol. The summed E-state index contributed by atoms with van der Waals surface area (Å²) in [4.78, 5) is 0. The first kappa shape index (κ1) is 22.9. The van der Waals surface area contributed by atoms with E-state index in [-0.39, 0.29) is 26.4 Å². The van der Waals surface area contributed by atoms with Crippen molar-refractivity contribution in [1.29, 1.82) is 0 Å². The van der Waals surface area contributed by atoms with Crippen LogP contribution < -0.4 is 0 Å². The van der Waals surface area contributed by atoms with E-state index in [2.05, 4.69) is 0 Å². The first-order valence-corrected chi connectivity index (χ1v) is 6.44. The molecule has 0 radical (unpaired) electrons. The fraction of sp³-hybridized carbons (Fsp3) is 1.00. The summed E-state index contributed by atoms with van der Waals surface area (Å²) in [6, 6.07) is 0. The minimum absolute atomic E-state index is 0.125. The third kappa shape index (κ3) is 8.61. The highest BCUT2D eigenvalue weighted by Gasteiger charge is 2.32. The van der Waals surface area contributed by atoms with Crippen LogP contribution in [-0.4, -0.2) is 107 Å². The molecule has 0 aliphatic heterocycles. The number of hydrogen-bond donors (Lipinski definition) is 8. The zero-order valence-electron chi connectivity index (χ0n) is 12.1. The lowest BCUT2D eigenvalue weighted by molar-refractivity contribution is -0.103. The number of aliphatic hydroxyl groups excluding tert-OH is 8. The Morgan fingerprint density at radius 2 is 0.714 bits per heavy atom. The number of rotatable bonds is 11. The second-order valence-corrected chi connectivity index (χ2v) is 4.89. The van der Waals surface area contributed by atoms with Gasteiger partial charge in [-0.2, -0.15) is 0 Å². The van der Waals surface area contributed by atoms with Crippen LogP contribution in [0.4, 0.5) is 0 Å². The van der Waals surface area contributed by atoms with Gasteiger partial charge < -0.3 is 45.6 Å². The second kappa shape index (κ2) is 13.3. The molecule has 0 aromatic rings. The Labute approximate surface area is 123 Å². The molecule has 0 atom stereocenters. The van der Waals surface area contributed by atoms with Crippen molar-refractivity contribution < 1.29 is 45.6 Å². The van der Waals surface area contributed by atoms with Gasteiger partial charge in [0.1, 0.15) is 0 Å². The van der Waals surface area contributed by atoms with E-state index in [4.69, 9.17) is 45.6 Å². The Bertz CT molecular complexity index is 178. The Morgan fingerprint density at radius 1 is 0.476 bits per heavy atom. The molecule has 0 aliphatic rings. The minimum atomic E-state index is -1.16. The van der Waals surface area contributed by atoms with Crippen molar-refractivity contribution in [3.63, 3.8) is 0 Å². The SMILES string of the molecule is OCC(CO)(CO)COCC(CO)(CO)CO.OCCO. The summed E-state index contributed by atoms with van der Waals surface area (Å²) in [7, 11) is 0. The standard InChI is InChI=1S/C10H22O7.C2H6O2/c11-1-9(2-12,3-13)7-17-8-10(4-14,5-15)6-16;3-1-2-4/h11-16H,1-8H2;3-4H,1-2H2. The molecule has 0 unspecified atom stereocenters. The van der Waals surface area contributed by atoms with E-state index in [1.807, 2.05) is 0 Å². The molecule has 9 heteroatoms. The van der Waals surface area contributed by atoms with Crippen LogP contribution in [0.15, 0.2) is 0 Å². The van der Waals surface area contributed by atoms with Gasteiger partial charge in [0, 0.05) is 0 Å². The van der Waals surface area contributed by atoms with Gasteiger partial charge in [0.15, 0.2) is 0 Å². The highest BCUT2D eigenvalue weighted by molar-refractivity contribution is 4.80. The predicted octanol–water partition coefficient (Wildman–Crippen LogP) is -4.10. The van der Waals surface area contributed by atoms with E-state index in [9.17, 15) is 0 Å². The van der Waals surface area contributed by atoms with Gasteiger partial charge in [0.2, 0.25) is 0 Å². The van der Waals surface area contributed by atoms with Crippen LogP contribution in [0.5, 0.6) is 0 Å². The highest BCUT2D eigenvalue weighted by atomic mass is 16.5. The molecule has 0 heterocycles. The van der Waals surface area contributed by atoms with Gasteiger partial charge in [-0.1, -0.05) is 0 Å². The Hall–Kier alpha value is -0.360. The van der Waals surface area contributed by atoms with E-state index in [0.29, 0.717) is 0 Å². The van der Waals surface area contributed by atoms with Crippen LogP contribution in [0.3, 0.4) is 0 Å². The Balaban J connectivity index is 0. The van der Waals surface area contributed by atoms with Crippen LogP contribution in [0, 0.1) is 10.8 Å². The van der Waals surface area contributed by atoms with E-state index in [1.165, 1.54) is 0 Å². The summed E-state index contributed by atoms with van der Waals surface area (Å²) in [5.74, 6) is 0. The van der Waals surface area contributed by atoms with Crippen molar-refractivity contribution >= 4 is 0 Å². The highest BCUT2D eigenvalue weighted by Crippen LogP contribution is 2.19. The molecule has 0 saturated carbocycles. The molecule has 0 saturated heterocycles. The summed E-state index contributed by atoms with van der Waals surface area (Å²) in [5, 5.41) is 69.4. The van der Waals surface area contributed by atoms with E-state index in [1.54, 1.807) is 0 Å². The average molecular weight is 316 g/mol. The lowest BCUT2D eigenvalue weighted by atomic mass is 9.91. The maximum Gasteiger partial charge on any atom is 0.0662 e. The lowest BCUT2D eigenvalue weighted by Crippen LogP contribution is -2.43. The van der Waals surface area contributed by atoms with E-state index >= 15 is 0 Å². The quantitative estimate of drug-likeness (QED) is 0.189. The smallest absolute Gasteiger partial charge is 0.0662 e. The van der Waals surface area contributed by atoms with Crippen LogP contribution in [0.2, 0.25) is 0 Å². The largest absolute Gasteiger partial charge is 0.396 e. The minimum Gasteiger partial charge on any atom is -0.396 e. The van der Waals surface area contributed by atoms with Crippen molar-refractivity contribution in [2.75, 3.05) is 66.1 Å². The molecule has 0 fully saturated rings. The molecule has 0 aliphatic carbocycles. The van der Waals surface area contributed by atoms with Crippen molar-refractivity contribution in [2.45, 2.75) is 0 Å². The zero-order chi connectivity index (χ0) is 16.8. The second-order valence-electron chi connectivity index (χ2n) is 4.89. The van der Waals surface area contributed by atoms with Gasteiger partial charge in [-0.05, 0) is 0 Å². The van der Waals surface area contributed by atoms with Gasteiger partial charge >= 0.3 is 0 Å². The van der Waals surface area contributed by atoms with E-state index < -0.39 is 50.5 Å². The zero-order valence-corrected chi connectivity index (χ0v) is 12.1. The molecular formula is C12H28O9. The number of ether oxygens (including phenoxy) is 1. The van der Waals surface area contributed by atoms with Crippen LogP contribution in [0.1, 0.15) is 0 Å². The molecule has 21 heavy (non-hydrogen) atoms. The number of hydrogen-bond acceptors (Lipinski definition) is 9. The fourth-order valence-corrected chi connectivity index (χ4v) is 1.06. The summed E-state index contributed by atoms with van der Waals surface area (Å²) in [5.41, 5.74) is -2.32. The third-order valence-corrected chi connectivity index (χ3v) is 2.93. The normalized spacial score (nSPS) is 12.0. The van der Waals surface area contributed by atoms with Crippen LogP contribution >= 0.6 is 0 Å². The van der Waals surface area contributed by atoms with Crippen molar-refractivity contribution in [1.82, 2.24) is 0 Å². The molecular weight excluding hydrogens is 288 g/mol. The topological polar surface area (TPSA) is 171 Å². The predicted molar refractivity (Wildman–Crippen MR) is 72.4 cm³/mol. The summed E-state index contributed by atoms with van der Waals surface area (Å²) < 4.78 is 5.15.